The minimum Gasteiger partial charge on any atom is -0.450 e. The fourth-order valence-corrected chi connectivity index (χ4v) is 2.77. The molecule has 0 atom stereocenters. The van der Waals surface area contributed by atoms with E-state index in [0.29, 0.717) is 24.5 Å². The van der Waals surface area contributed by atoms with Crippen molar-refractivity contribution in [3.63, 3.8) is 0 Å². The summed E-state index contributed by atoms with van der Waals surface area (Å²) in [5.41, 5.74) is 13.8. The van der Waals surface area contributed by atoms with Crippen LogP contribution in [0.2, 0.25) is 0 Å². The molecule has 2 aromatic rings. The van der Waals surface area contributed by atoms with E-state index in [1.807, 2.05) is 20.8 Å². The van der Waals surface area contributed by atoms with Crippen LogP contribution in [0.1, 0.15) is 34.7 Å². The van der Waals surface area contributed by atoms with Crippen LogP contribution < -0.4 is 16.4 Å². The van der Waals surface area contributed by atoms with Gasteiger partial charge in [0.05, 0.1) is 18.0 Å². The molecule has 0 fully saturated rings. The molecular formula is C20H27N3O2. The van der Waals surface area contributed by atoms with Crippen molar-refractivity contribution in [1.29, 1.82) is 0 Å². The summed E-state index contributed by atoms with van der Waals surface area (Å²) in [4.78, 5) is 11.8. The van der Waals surface area contributed by atoms with Crippen molar-refractivity contribution < 1.29 is 9.53 Å². The Hall–Kier alpha value is -2.69. The van der Waals surface area contributed by atoms with Gasteiger partial charge >= 0.3 is 6.09 Å². The van der Waals surface area contributed by atoms with Gasteiger partial charge in [0.25, 0.3) is 0 Å². The van der Waals surface area contributed by atoms with Crippen molar-refractivity contribution in [2.75, 3.05) is 23.0 Å². The molecule has 0 aromatic heterocycles. The van der Waals surface area contributed by atoms with Crippen molar-refractivity contribution in [3.8, 4) is 0 Å². The largest absolute Gasteiger partial charge is 0.450 e. The molecule has 0 aliphatic heterocycles. The van der Waals surface area contributed by atoms with Gasteiger partial charge < -0.3 is 15.8 Å². The van der Waals surface area contributed by atoms with E-state index in [0.717, 1.165) is 22.4 Å². The Morgan fingerprint density at radius 2 is 1.60 bits per heavy atom. The van der Waals surface area contributed by atoms with Crippen molar-refractivity contribution in [2.24, 2.45) is 0 Å². The predicted molar refractivity (Wildman–Crippen MR) is 104 cm³/mol. The summed E-state index contributed by atoms with van der Waals surface area (Å²) in [5, 5.41) is 6.23. The number of benzene rings is 2. The maximum atomic E-state index is 11.8. The highest BCUT2D eigenvalue weighted by Crippen LogP contribution is 2.37. The first-order valence-corrected chi connectivity index (χ1v) is 8.47. The third-order valence-electron chi connectivity index (χ3n) is 4.45. The second kappa shape index (κ2) is 7.92. The molecule has 0 saturated carbocycles. The van der Waals surface area contributed by atoms with E-state index in [-0.39, 0.29) is 0 Å². The molecule has 0 unspecified atom stereocenters. The monoisotopic (exact) mass is 341 g/mol. The second-order valence-electron chi connectivity index (χ2n) is 6.22. The predicted octanol–water partition coefficient (Wildman–Crippen LogP) is 4.68. The van der Waals surface area contributed by atoms with Crippen molar-refractivity contribution in [3.05, 3.63) is 52.1 Å². The van der Waals surface area contributed by atoms with Crippen LogP contribution in [0, 0.1) is 27.7 Å². The number of hydrogen-bond acceptors (Lipinski definition) is 4. The van der Waals surface area contributed by atoms with Crippen LogP contribution >= 0.6 is 0 Å². The van der Waals surface area contributed by atoms with Crippen LogP contribution in [0.3, 0.4) is 0 Å². The zero-order chi connectivity index (χ0) is 18.6. The minimum atomic E-state index is -0.489. The minimum absolute atomic E-state index is 0.318. The molecule has 5 nitrogen and oxygen atoms in total. The van der Waals surface area contributed by atoms with E-state index in [1.165, 1.54) is 11.1 Å². The Balaban J connectivity index is 2.27. The normalized spacial score (nSPS) is 10.4. The van der Waals surface area contributed by atoms with E-state index in [1.54, 1.807) is 6.92 Å². The number of aryl methyl sites for hydroxylation is 1. The Kier molecular flexibility index (Phi) is 5.91. The number of carbonyl (C=O) groups is 1. The molecule has 0 aliphatic rings. The molecular weight excluding hydrogens is 314 g/mol. The molecule has 134 valence electrons. The first-order chi connectivity index (χ1) is 11.8. The standard InChI is InChI=1S/C20H27N3O2/c1-6-25-20(24)23-19-14(4)13(3)18(15(5)17(19)21)22-11-16-9-7-12(2)8-10-16/h7-10,22H,6,11,21H2,1-5H3,(H,23,24). The van der Waals surface area contributed by atoms with Crippen LogP contribution in [0.4, 0.5) is 21.9 Å². The van der Waals surface area contributed by atoms with Crippen molar-refractivity contribution in [2.45, 2.75) is 41.2 Å². The van der Waals surface area contributed by atoms with Gasteiger partial charge in [0.15, 0.2) is 0 Å². The van der Waals surface area contributed by atoms with Gasteiger partial charge in [0.2, 0.25) is 0 Å². The molecule has 1 amide bonds. The molecule has 0 saturated heterocycles. The molecule has 0 aliphatic carbocycles. The highest BCUT2D eigenvalue weighted by atomic mass is 16.5. The summed E-state index contributed by atoms with van der Waals surface area (Å²) >= 11 is 0. The number of carbonyl (C=O) groups excluding carboxylic acids is 1. The molecule has 2 aromatic carbocycles. The summed E-state index contributed by atoms with van der Waals surface area (Å²) in [6, 6.07) is 8.42. The quantitative estimate of drug-likeness (QED) is 0.690. The SMILES string of the molecule is CCOC(=O)Nc1c(C)c(C)c(NCc2ccc(C)cc2)c(C)c1N. The number of nitrogens with two attached hydrogens (primary N) is 1. The lowest BCUT2D eigenvalue weighted by Gasteiger charge is -2.21. The lowest BCUT2D eigenvalue weighted by atomic mass is 9.98. The van der Waals surface area contributed by atoms with Crippen molar-refractivity contribution >= 4 is 23.2 Å². The average Bonchev–Trinajstić information content (AvgIpc) is 2.59. The number of nitrogens with one attached hydrogen (secondary N) is 2. The molecule has 0 heterocycles. The molecule has 0 spiro atoms. The Morgan fingerprint density at radius 3 is 2.20 bits per heavy atom. The van der Waals surface area contributed by atoms with Crippen LogP contribution in [0.25, 0.3) is 0 Å². The number of rotatable bonds is 5. The van der Waals surface area contributed by atoms with Gasteiger partial charge in [0, 0.05) is 12.2 Å². The van der Waals surface area contributed by atoms with E-state index in [9.17, 15) is 4.79 Å². The zero-order valence-corrected chi connectivity index (χ0v) is 15.6. The zero-order valence-electron chi connectivity index (χ0n) is 15.6. The first kappa shape index (κ1) is 18.6. The van der Waals surface area contributed by atoms with E-state index in [4.69, 9.17) is 10.5 Å². The third-order valence-corrected chi connectivity index (χ3v) is 4.45. The lowest BCUT2D eigenvalue weighted by Crippen LogP contribution is -2.17. The average molecular weight is 341 g/mol. The van der Waals surface area contributed by atoms with E-state index >= 15 is 0 Å². The number of amides is 1. The smallest absolute Gasteiger partial charge is 0.411 e. The Bertz CT molecular complexity index is 738. The number of nitrogen functional groups attached to an aromatic ring is 1. The van der Waals surface area contributed by atoms with Gasteiger partial charge in [-0.15, -0.1) is 0 Å². The number of ether oxygens (including phenoxy) is 1. The van der Waals surface area contributed by atoms with Gasteiger partial charge in [-0.2, -0.15) is 0 Å². The summed E-state index contributed by atoms with van der Waals surface area (Å²) in [5.74, 6) is 0. The fraction of sp³-hybridized carbons (Fsp3) is 0.350. The maximum absolute atomic E-state index is 11.8. The van der Waals surface area contributed by atoms with E-state index in [2.05, 4.69) is 41.8 Å². The van der Waals surface area contributed by atoms with Crippen LogP contribution in [-0.2, 0) is 11.3 Å². The van der Waals surface area contributed by atoms with E-state index < -0.39 is 6.09 Å². The van der Waals surface area contributed by atoms with Crippen LogP contribution in [0.15, 0.2) is 24.3 Å². The lowest BCUT2D eigenvalue weighted by molar-refractivity contribution is 0.168. The Morgan fingerprint density at radius 1 is 1.00 bits per heavy atom. The van der Waals surface area contributed by atoms with Gasteiger partial charge in [-0.05, 0) is 56.9 Å². The molecule has 0 radical (unpaired) electrons. The second-order valence-corrected chi connectivity index (χ2v) is 6.22. The van der Waals surface area contributed by atoms with Crippen LogP contribution in [0.5, 0.6) is 0 Å². The molecule has 25 heavy (non-hydrogen) atoms. The summed E-state index contributed by atoms with van der Waals surface area (Å²) in [6.07, 6.45) is -0.489. The third kappa shape index (κ3) is 4.24. The van der Waals surface area contributed by atoms with Crippen LogP contribution in [-0.4, -0.2) is 12.7 Å². The van der Waals surface area contributed by atoms with Gasteiger partial charge in [0.1, 0.15) is 0 Å². The molecule has 5 heteroatoms. The molecule has 2 rings (SSSR count). The first-order valence-electron chi connectivity index (χ1n) is 8.47. The van der Waals surface area contributed by atoms with Gasteiger partial charge in [-0.25, -0.2) is 4.79 Å². The molecule has 0 bridgehead atoms. The summed E-state index contributed by atoms with van der Waals surface area (Å²) < 4.78 is 4.96. The van der Waals surface area contributed by atoms with Gasteiger partial charge in [-0.3, -0.25) is 5.32 Å². The highest BCUT2D eigenvalue weighted by Gasteiger charge is 2.17. The van der Waals surface area contributed by atoms with Crippen molar-refractivity contribution in [1.82, 2.24) is 0 Å². The number of hydrogen-bond donors (Lipinski definition) is 3. The highest BCUT2D eigenvalue weighted by molar-refractivity contribution is 5.94. The topological polar surface area (TPSA) is 76.4 Å². The maximum Gasteiger partial charge on any atom is 0.411 e. The fourth-order valence-electron chi connectivity index (χ4n) is 2.77. The number of anilines is 3. The molecule has 4 N–H and O–H groups in total. The summed E-state index contributed by atoms with van der Waals surface area (Å²) in [6.45, 7) is 10.8. The Labute approximate surface area is 149 Å². The van der Waals surface area contributed by atoms with Gasteiger partial charge in [-0.1, -0.05) is 29.8 Å². The summed E-state index contributed by atoms with van der Waals surface area (Å²) in [7, 11) is 0.